The molecule has 1 aliphatic rings. The summed E-state index contributed by atoms with van der Waals surface area (Å²) in [6.45, 7) is 4.41. The molecular weight excluding hydrogens is 170 g/mol. The molecule has 13 heavy (non-hydrogen) atoms. The minimum atomic E-state index is -0.851. The lowest BCUT2D eigenvalue weighted by atomic mass is 9.98. The number of carboxylic acid groups (broad SMARTS) is 1. The van der Waals surface area contributed by atoms with Crippen LogP contribution in [0.3, 0.4) is 0 Å². The molecule has 0 aromatic heterocycles. The molecule has 0 saturated carbocycles. The molecule has 2 atom stereocenters. The van der Waals surface area contributed by atoms with Crippen molar-refractivity contribution in [1.82, 2.24) is 4.90 Å². The van der Waals surface area contributed by atoms with Gasteiger partial charge in [0.25, 0.3) is 0 Å². The lowest BCUT2D eigenvalue weighted by molar-refractivity contribution is -0.142. The van der Waals surface area contributed by atoms with Crippen molar-refractivity contribution in [3.63, 3.8) is 0 Å². The smallest absolute Gasteiger partial charge is 0.309 e. The van der Waals surface area contributed by atoms with Crippen LogP contribution >= 0.6 is 0 Å². The molecule has 1 heterocycles. The Hall–Kier alpha value is -1.06. The van der Waals surface area contributed by atoms with E-state index in [4.69, 9.17) is 5.11 Å². The Morgan fingerprint density at radius 1 is 1.62 bits per heavy atom. The van der Waals surface area contributed by atoms with Gasteiger partial charge in [-0.1, -0.05) is 6.92 Å². The number of carbonyl (C=O) groups is 2. The van der Waals surface area contributed by atoms with E-state index < -0.39 is 11.9 Å². The fourth-order valence-corrected chi connectivity index (χ4v) is 2.01. The molecule has 1 saturated heterocycles. The zero-order chi connectivity index (χ0) is 10.0. The van der Waals surface area contributed by atoms with Gasteiger partial charge in [0.15, 0.2) is 0 Å². The first-order valence-corrected chi connectivity index (χ1v) is 4.64. The number of likely N-dealkylation sites (tertiary alicyclic amines) is 1. The highest BCUT2D eigenvalue weighted by Gasteiger charge is 2.41. The van der Waals surface area contributed by atoms with E-state index in [0.29, 0.717) is 6.54 Å². The fourth-order valence-electron chi connectivity index (χ4n) is 2.01. The Labute approximate surface area is 77.5 Å². The SMILES string of the molecule is CC[C@@H]1[C@H](C(=O)O)CC(=O)N1CC. The minimum absolute atomic E-state index is 0.0262. The Balaban J connectivity index is 2.81. The molecule has 74 valence electrons. The molecule has 0 spiro atoms. The third-order valence-electron chi connectivity index (χ3n) is 2.66. The molecule has 1 amide bonds. The van der Waals surface area contributed by atoms with E-state index in [0.717, 1.165) is 6.42 Å². The van der Waals surface area contributed by atoms with Gasteiger partial charge in [0, 0.05) is 19.0 Å². The highest BCUT2D eigenvalue weighted by molar-refractivity contribution is 5.86. The quantitative estimate of drug-likeness (QED) is 0.704. The molecule has 0 aromatic rings. The lowest BCUT2D eigenvalue weighted by Crippen LogP contribution is -2.36. The minimum Gasteiger partial charge on any atom is -0.481 e. The third kappa shape index (κ3) is 1.66. The highest BCUT2D eigenvalue weighted by Crippen LogP contribution is 2.27. The average molecular weight is 185 g/mol. The van der Waals surface area contributed by atoms with Gasteiger partial charge in [0.05, 0.1) is 5.92 Å². The van der Waals surface area contributed by atoms with Gasteiger partial charge in [0.2, 0.25) is 5.91 Å². The van der Waals surface area contributed by atoms with E-state index in [2.05, 4.69) is 0 Å². The summed E-state index contributed by atoms with van der Waals surface area (Å²) in [6, 6.07) is -0.102. The molecule has 4 heteroatoms. The summed E-state index contributed by atoms with van der Waals surface area (Å²) in [6.07, 6.45) is 0.887. The number of amides is 1. The Kier molecular flexibility index (Phi) is 2.90. The van der Waals surface area contributed by atoms with E-state index in [1.807, 2.05) is 13.8 Å². The number of aliphatic carboxylic acids is 1. The summed E-state index contributed by atoms with van der Waals surface area (Å²) >= 11 is 0. The molecule has 1 fully saturated rings. The van der Waals surface area contributed by atoms with Crippen molar-refractivity contribution in [2.45, 2.75) is 32.7 Å². The second-order valence-electron chi connectivity index (χ2n) is 3.30. The fraction of sp³-hybridized carbons (Fsp3) is 0.778. The lowest BCUT2D eigenvalue weighted by Gasteiger charge is -2.23. The topological polar surface area (TPSA) is 57.6 Å². The summed E-state index contributed by atoms with van der Waals surface area (Å²) in [5.41, 5.74) is 0. The normalized spacial score (nSPS) is 28.2. The van der Waals surface area contributed by atoms with Crippen LogP contribution in [0.15, 0.2) is 0 Å². The van der Waals surface area contributed by atoms with Crippen LogP contribution in [0.5, 0.6) is 0 Å². The predicted molar refractivity (Wildman–Crippen MR) is 47.2 cm³/mol. The van der Waals surface area contributed by atoms with Gasteiger partial charge in [-0.2, -0.15) is 0 Å². The summed E-state index contributed by atoms with van der Waals surface area (Å²) < 4.78 is 0. The molecule has 4 nitrogen and oxygen atoms in total. The number of rotatable bonds is 3. The molecule has 1 N–H and O–H groups in total. The summed E-state index contributed by atoms with van der Waals surface area (Å²) in [5, 5.41) is 8.87. The van der Waals surface area contributed by atoms with Crippen LogP contribution in [0.25, 0.3) is 0 Å². The predicted octanol–water partition coefficient (Wildman–Crippen LogP) is 0.718. The number of hydrogen-bond donors (Lipinski definition) is 1. The number of carbonyl (C=O) groups excluding carboxylic acids is 1. The van der Waals surface area contributed by atoms with Gasteiger partial charge < -0.3 is 10.0 Å². The first-order chi connectivity index (χ1) is 6.11. The standard InChI is InChI=1S/C9H15NO3/c1-3-7-6(9(12)13)5-8(11)10(7)4-2/h6-7H,3-5H2,1-2H3,(H,12,13)/t6-,7-/m1/s1. The zero-order valence-electron chi connectivity index (χ0n) is 7.99. The van der Waals surface area contributed by atoms with Gasteiger partial charge in [-0.3, -0.25) is 9.59 Å². The van der Waals surface area contributed by atoms with Crippen molar-refractivity contribution in [3.8, 4) is 0 Å². The van der Waals surface area contributed by atoms with Crippen LogP contribution in [-0.4, -0.2) is 34.5 Å². The number of carboxylic acids is 1. The number of nitrogens with zero attached hydrogens (tertiary/aromatic N) is 1. The maximum absolute atomic E-state index is 11.4. The van der Waals surface area contributed by atoms with Gasteiger partial charge >= 0.3 is 5.97 Å². The van der Waals surface area contributed by atoms with E-state index in [1.165, 1.54) is 0 Å². The van der Waals surface area contributed by atoms with E-state index in [9.17, 15) is 9.59 Å². The molecule has 1 aliphatic heterocycles. The van der Waals surface area contributed by atoms with Crippen molar-refractivity contribution in [2.24, 2.45) is 5.92 Å². The van der Waals surface area contributed by atoms with Gasteiger partial charge in [-0.05, 0) is 13.3 Å². The van der Waals surface area contributed by atoms with Crippen molar-refractivity contribution < 1.29 is 14.7 Å². The van der Waals surface area contributed by atoms with Crippen LogP contribution in [0, 0.1) is 5.92 Å². The van der Waals surface area contributed by atoms with Gasteiger partial charge in [-0.25, -0.2) is 0 Å². The molecule has 0 aromatic carbocycles. The van der Waals surface area contributed by atoms with Crippen LogP contribution in [-0.2, 0) is 9.59 Å². The first kappa shape index (κ1) is 10.0. The molecule has 1 rings (SSSR count). The molecule has 0 aliphatic carbocycles. The van der Waals surface area contributed by atoms with Crippen molar-refractivity contribution in [3.05, 3.63) is 0 Å². The molecular formula is C9H15NO3. The maximum Gasteiger partial charge on any atom is 0.309 e. The third-order valence-corrected chi connectivity index (χ3v) is 2.66. The van der Waals surface area contributed by atoms with E-state index in [1.54, 1.807) is 4.90 Å². The van der Waals surface area contributed by atoms with Crippen LogP contribution in [0.1, 0.15) is 26.7 Å². The monoisotopic (exact) mass is 185 g/mol. The van der Waals surface area contributed by atoms with Crippen LogP contribution in [0.2, 0.25) is 0 Å². The average Bonchev–Trinajstić information content (AvgIpc) is 2.41. The largest absolute Gasteiger partial charge is 0.481 e. The second kappa shape index (κ2) is 3.77. The Morgan fingerprint density at radius 3 is 2.62 bits per heavy atom. The van der Waals surface area contributed by atoms with Gasteiger partial charge in [-0.15, -0.1) is 0 Å². The van der Waals surface area contributed by atoms with E-state index >= 15 is 0 Å². The Bertz CT molecular complexity index is 227. The van der Waals surface area contributed by atoms with Crippen molar-refractivity contribution in [1.29, 1.82) is 0 Å². The van der Waals surface area contributed by atoms with Crippen molar-refractivity contribution >= 4 is 11.9 Å². The summed E-state index contributed by atoms with van der Waals surface area (Å²) in [4.78, 5) is 23.8. The molecule has 0 unspecified atom stereocenters. The van der Waals surface area contributed by atoms with E-state index in [-0.39, 0.29) is 18.4 Å². The maximum atomic E-state index is 11.4. The van der Waals surface area contributed by atoms with Crippen molar-refractivity contribution in [2.75, 3.05) is 6.54 Å². The Morgan fingerprint density at radius 2 is 2.23 bits per heavy atom. The van der Waals surface area contributed by atoms with Gasteiger partial charge in [0.1, 0.15) is 0 Å². The molecule has 0 bridgehead atoms. The van der Waals surface area contributed by atoms with Crippen LogP contribution in [0.4, 0.5) is 0 Å². The first-order valence-electron chi connectivity index (χ1n) is 4.64. The summed E-state index contributed by atoms with van der Waals surface area (Å²) in [5.74, 6) is -1.38. The molecule has 0 radical (unpaired) electrons. The number of hydrogen-bond acceptors (Lipinski definition) is 2. The second-order valence-corrected chi connectivity index (χ2v) is 3.30. The zero-order valence-corrected chi connectivity index (χ0v) is 7.99. The highest BCUT2D eigenvalue weighted by atomic mass is 16.4. The van der Waals surface area contributed by atoms with Crippen LogP contribution < -0.4 is 0 Å². The summed E-state index contributed by atoms with van der Waals surface area (Å²) in [7, 11) is 0.